The summed E-state index contributed by atoms with van der Waals surface area (Å²) in [7, 11) is 1.67. The molecule has 0 bridgehead atoms. The monoisotopic (exact) mass is 360 g/mol. The van der Waals surface area contributed by atoms with Crippen LogP contribution in [0, 0.1) is 0 Å². The minimum absolute atomic E-state index is 0.100. The second kappa shape index (κ2) is 9.50. The average molecular weight is 360 g/mol. The molecular weight excluding hydrogens is 332 g/mol. The topological polar surface area (TPSA) is 78.9 Å². The number of hydrogen-bond acceptors (Lipinski definition) is 4. The molecule has 0 aromatic heterocycles. The number of fused-ring (bicyclic) bond motifs is 1. The summed E-state index contributed by atoms with van der Waals surface area (Å²) >= 11 is 0. The Bertz CT molecular complexity index is 697. The summed E-state index contributed by atoms with van der Waals surface area (Å²) in [4.78, 5) is 26.6. The van der Waals surface area contributed by atoms with Crippen molar-refractivity contribution in [2.75, 3.05) is 26.8 Å². The number of carbonyl (C=O) groups excluding carboxylic acids is 2. The first-order valence-electron chi connectivity index (χ1n) is 9.09. The minimum atomic E-state index is -0.524. The van der Waals surface area contributed by atoms with Crippen molar-refractivity contribution in [2.24, 2.45) is 0 Å². The highest BCUT2D eigenvalue weighted by atomic mass is 16.5. The highest BCUT2D eigenvalue weighted by molar-refractivity contribution is 6.02. The Morgan fingerprint density at radius 2 is 2.04 bits per heavy atom. The predicted octanol–water partition coefficient (Wildman–Crippen LogP) is 2.80. The van der Waals surface area contributed by atoms with E-state index in [2.05, 4.69) is 6.92 Å². The van der Waals surface area contributed by atoms with Gasteiger partial charge in [-0.25, -0.2) is 5.48 Å². The Kier molecular flexibility index (Phi) is 7.36. The number of methoxy groups -OCH3 is 1. The summed E-state index contributed by atoms with van der Waals surface area (Å²) in [5.41, 5.74) is 5.93. The van der Waals surface area contributed by atoms with Crippen LogP contribution < -0.4 is 5.48 Å². The molecule has 0 unspecified atom stereocenters. The second-order valence-corrected chi connectivity index (χ2v) is 6.55. The van der Waals surface area contributed by atoms with Crippen LogP contribution in [-0.4, -0.2) is 48.7 Å². The Labute approximate surface area is 154 Å². The number of aryl methyl sites for hydroxylation is 1. The first kappa shape index (κ1) is 20.1. The van der Waals surface area contributed by atoms with E-state index in [0.29, 0.717) is 31.6 Å². The van der Waals surface area contributed by atoms with E-state index in [1.165, 1.54) is 0 Å². The summed E-state index contributed by atoms with van der Waals surface area (Å²) < 4.78 is 5.10. The fourth-order valence-corrected chi connectivity index (χ4v) is 3.42. The van der Waals surface area contributed by atoms with Crippen LogP contribution in [0.4, 0.5) is 0 Å². The van der Waals surface area contributed by atoms with Crippen molar-refractivity contribution < 1.29 is 19.5 Å². The van der Waals surface area contributed by atoms with Crippen LogP contribution in [0.3, 0.4) is 0 Å². The maximum Gasteiger partial charge on any atom is 0.274 e. The van der Waals surface area contributed by atoms with Crippen LogP contribution in [0.2, 0.25) is 0 Å². The zero-order valence-electron chi connectivity index (χ0n) is 15.8. The lowest BCUT2D eigenvalue weighted by atomic mass is 9.84. The van der Waals surface area contributed by atoms with E-state index in [4.69, 9.17) is 9.94 Å². The zero-order chi connectivity index (χ0) is 19.1. The van der Waals surface area contributed by atoms with E-state index in [9.17, 15) is 9.59 Å². The Hall–Kier alpha value is -2.18. The molecule has 0 saturated heterocycles. The van der Waals surface area contributed by atoms with Crippen molar-refractivity contribution >= 4 is 17.4 Å². The highest BCUT2D eigenvalue weighted by Crippen LogP contribution is 2.32. The number of rotatable bonds is 8. The molecule has 1 aromatic carbocycles. The van der Waals surface area contributed by atoms with Gasteiger partial charge in [-0.15, -0.1) is 0 Å². The highest BCUT2D eigenvalue weighted by Gasteiger charge is 2.25. The maximum atomic E-state index is 13.1. The van der Waals surface area contributed by atoms with E-state index < -0.39 is 5.91 Å². The molecule has 1 aliphatic rings. The van der Waals surface area contributed by atoms with E-state index >= 15 is 0 Å². The molecule has 26 heavy (non-hydrogen) atoms. The van der Waals surface area contributed by atoms with Gasteiger partial charge in [0.15, 0.2) is 0 Å². The average Bonchev–Trinajstić information content (AvgIpc) is 2.66. The molecule has 0 fully saturated rings. The molecule has 2 amide bonds. The molecule has 6 nitrogen and oxygen atoms in total. The Morgan fingerprint density at radius 3 is 2.69 bits per heavy atom. The van der Waals surface area contributed by atoms with E-state index in [1.807, 2.05) is 17.9 Å². The van der Waals surface area contributed by atoms with Gasteiger partial charge in [-0.05, 0) is 61.4 Å². The summed E-state index contributed by atoms with van der Waals surface area (Å²) in [6, 6.07) is 5.31. The van der Waals surface area contributed by atoms with Gasteiger partial charge in [-0.1, -0.05) is 13.0 Å². The number of ether oxygens (including phenoxy) is 1. The van der Waals surface area contributed by atoms with E-state index in [1.54, 1.807) is 24.7 Å². The molecule has 2 N–H and O–H groups in total. The number of benzene rings is 1. The molecule has 0 saturated carbocycles. The van der Waals surface area contributed by atoms with Crippen molar-refractivity contribution in [3.63, 3.8) is 0 Å². The normalized spacial score (nSPS) is 13.4. The molecule has 142 valence electrons. The van der Waals surface area contributed by atoms with E-state index in [0.717, 1.165) is 41.7 Å². The summed E-state index contributed by atoms with van der Waals surface area (Å²) in [5.74, 6) is -0.424. The van der Waals surface area contributed by atoms with Crippen LogP contribution in [0.25, 0.3) is 5.57 Å². The zero-order valence-corrected chi connectivity index (χ0v) is 15.8. The van der Waals surface area contributed by atoms with Crippen LogP contribution in [-0.2, 0) is 16.0 Å². The lowest BCUT2D eigenvalue weighted by Crippen LogP contribution is -2.35. The Morgan fingerprint density at radius 1 is 1.27 bits per heavy atom. The predicted molar refractivity (Wildman–Crippen MR) is 100.0 cm³/mol. The van der Waals surface area contributed by atoms with Gasteiger partial charge in [0.05, 0.1) is 0 Å². The van der Waals surface area contributed by atoms with Gasteiger partial charge in [0.25, 0.3) is 5.91 Å². The van der Waals surface area contributed by atoms with E-state index in [-0.39, 0.29) is 5.91 Å². The van der Waals surface area contributed by atoms with Crippen LogP contribution in [0.5, 0.6) is 0 Å². The number of nitrogens with zero attached hydrogens (tertiary/aromatic N) is 1. The number of allylic oxidation sites excluding steroid dienone is 1. The fourth-order valence-electron chi connectivity index (χ4n) is 3.42. The van der Waals surface area contributed by atoms with Gasteiger partial charge in [-0.3, -0.25) is 14.8 Å². The number of nitrogens with one attached hydrogen (secondary N) is 1. The Balaban J connectivity index is 2.26. The largest absolute Gasteiger partial charge is 0.385 e. The van der Waals surface area contributed by atoms with Gasteiger partial charge in [0.2, 0.25) is 5.91 Å². The lowest BCUT2D eigenvalue weighted by molar-refractivity contribution is -0.127. The fraction of sp³-hybridized carbons (Fsp3) is 0.500. The molecule has 0 atom stereocenters. The van der Waals surface area contributed by atoms with Crippen LogP contribution >= 0.6 is 0 Å². The molecule has 1 aromatic rings. The maximum absolute atomic E-state index is 13.1. The molecule has 1 aliphatic carbocycles. The number of hydrogen-bond donors (Lipinski definition) is 2. The van der Waals surface area contributed by atoms with Crippen molar-refractivity contribution in [1.29, 1.82) is 0 Å². The molecule has 2 rings (SSSR count). The van der Waals surface area contributed by atoms with Crippen molar-refractivity contribution in [3.8, 4) is 0 Å². The number of amides is 2. The number of hydroxylamine groups is 1. The van der Waals surface area contributed by atoms with Crippen molar-refractivity contribution in [3.05, 3.63) is 40.5 Å². The first-order chi connectivity index (χ1) is 12.5. The number of carbonyl (C=O) groups is 2. The third-order valence-corrected chi connectivity index (χ3v) is 4.79. The second-order valence-electron chi connectivity index (χ2n) is 6.55. The first-order valence-corrected chi connectivity index (χ1v) is 9.09. The molecule has 0 aliphatic heterocycles. The summed E-state index contributed by atoms with van der Waals surface area (Å²) in [5, 5.41) is 8.79. The SMILES string of the molecule is CCCN(CCCOC)C(=O)C1=C(C)c2ccc(C(=O)NO)cc2CC1. The summed E-state index contributed by atoms with van der Waals surface area (Å²) in [6.07, 6.45) is 3.11. The van der Waals surface area contributed by atoms with Gasteiger partial charge >= 0.3 is 0 Å². The smallest absolute Gasteiger partial charge is 0.274 e. The summed E-state index contributed by atoms with van der Waals surface area (Å²) in [6.45, 7) is 6.11. The van der Waals surface area contributed by atoms with Gasteiger partial charge < -0.3 is 9.64 Å². The van der Waals surface area contributed by atoms with Crippen molar-refractivity contribution in [1.82, 2.24) is 10.4 Å². The molecule has 6 heteroatoms. The molecular formula is C20H28N2O4. The third kappa shape index (κ3) is 4.51. The van der Waals surface area contributed by atoms with Gasteiger partial charge in [-0.2, -0.15) is 0 Å². The molecule has 0 radical (unpaired) electrons. The van der Waals surface area contributed by atoms with Gasteiger partial charge in [0, 0.05) is 37.9 Å². The quantitative estimate of drug-likeness (QED) is 0.424. The molecule has 0 spiro atoms. The standard InChI is InChI=1S/C20H28N2O4/c1-4-10-22(11-5-12-26-3)20(24)18-9-6-15-13-16(19(23)21-25)7-8-17(15)14(18)2/h7-8,13,25H,4-6,9-12H2,1-3H3,(H,21,23). The minimum Gasteiger partial charge on any atom is -0.385 e. The van der Waals surface area contributed by atoms with Crippen LogP contribution in [0.15, 0.2) is 23.8 Å². The molecule has 0 heterocycles. The van der Waals surface area contributed by atoms with Crippen LogP contribution in [0.1, 0.15) is 54.6 Å². The third-order valence-electron chi connectivity index (χ3n) is 4.79. The van der Waals surface area contributed by atoms with Gasteiger partial charge in [0.1, 0.15) is 0 Å². The lowest BCUT2D eigenvalue weighted by Gasteiger charge is -2.27. The van der Waals surface area contributed by atoms with Crippen molar-refractivity contribution in [2.45, 2.75) is 39.5 Å².